The molecule has 0 bridgehead atoms. The highest BCUT2D eigenvalue weighted by Crippen LogP contribution is 2.12. The maximum Gasteiger partial charge on any atom is 0.338 e. The Bertz CT molecular complexity index is 866. The molecule has 2 aromatic carbocycles. The number of esters is 1. The normalized spacial score (nSPS) is 11.0. The smallest absolute Gasteiger partial charge is 0.338 e. The van der Waals surface area contributed by atoms with Gasteiger partial charge < -0.3 is 10.1 Å². The van der Waals surface area contributed by atoms with Gasteiger partial charge in [0.2, 0.25) is 10.0 Å². The molecule has 0 aromatic heterocycles. The molecule has 26 heavy (non-hydrogen) atoms. The number of carbonyl (C=O) groups is 2. The van der Waals surface area contributed by atoms with Crippen LogP contribution in [0.25, 0.3) is 0 Å². The molecule has 2 N–H and O–H groups in total. The van der Waals surface area contributed by atoms with E-state index in [1.807, 2.05) is 30.3 Å². The van der Waals surface area contributed by atoms with Gasteiger partial charge in [0.15, 0.2) is 6.61 Å². The van der Waals surface area contributed by atoms with Crippen molar-refractivity contribution >= 4 is 21.9 Å². The molecule has 0 aliphatic rings. The molecule has 138 valence electrons. The number of rotatable bonds is 8. The van der Waals surface area contributed by atoms with E-state index >= 15 is 0 Å². The lowest BCUT2D eigenvalue weighted by atomic mass is 10.1. The first kappa shape index (κ1) is 19.6. The summed E-state index contributed by atoms with van der Waals surface area (Å²) in [5.41, 5.74) is 1.14. The van der Waals surface area contributed by atoms with Crippen LogP contribution in [0.3, 0.4) is 0 Å². The van der Waals surface area contributed by atoms with Crippen molar-refractivity contribution in [2.24, 2.45) is 0 Å². The summed E-state index contributed by atoms with van der Waals surface area (Å²) in [6, 6.07) is 15.1. The van der Waals surface area contributed by atoms with Gasteiger partial charge in [0.05, 0.1) is 10.5 Å². The van der Waals surface area contributed by atoms with Crippen molar-refractivity contribution in [1.82, 2.24) is 10.0 Å². The minimum atomic E-state index is -3.66. The van der Waals surface area contributed by atoms with E-state index in [0.717, 1.165) is 5.56 Å². The Labute approximate surface area is 152 Å². The third kappa shape index (κ3) is 5.68. The quantitative estimate of drug-likeness (QED) is 0.672. The molecule has 0 saturated carbocycles. The number of carbonyl (C=O) groups excluding carboxylic acids is 2. The molecule has 0 fully saturated rings. The zero-order valence-electron chi connectivity index (χ0n) is 14.3. The molecule has 0 saturated heterocycles. The summed E-state index contributed by atoms with van der Waals surface area (Å²) in [7, 11) is -2.38. The fourth-order valence-electron chi connectivity index (χ4n) is 2.16. The first-order valence-electron chi connectivity index (χ1n) is 7.94. The van der Waals surface area contributed by atoms with Gasteiger partial charge in [-0.25, -0.2) is 17.9 Å². The molecular formula is C18H20N2O5S. The summed E-state index contributed by atoms with van der Waals surface area (Å²) in [6.07, 6.45) is 0.671. The van der Waals surface area contributed by atoms with Gasteiger partial charge in [-0.15, -0.1) is 0 Å². The second-order valence-electron chi connectivity index (χ2n) is 5.40. The Morgan fingerprint density at radius 2 is 1.77 bits per heavy atom. The summed E-state index contributed by atoms with van der Waals surface area (Å²) in [5, 5.41) is 2.66. The van der Waals surface area contributed by atoms with Gasteiger partial charge >= 0.3 is 5.97 Å². The summed E-state index contributed by atoms with van der Waals surface area (Å²) in [6.45, 7) is -0.00702. The summed E-state index contributed by atoms with van der Waals surface area (Å²) in [5.74, 6) is -1.19. The SMILES string of the molecule is CNS(=O)(=O)c1cccc(C(=O)OCC(=O)NCCc2ccccc2)c1. The van der Waals surface area contributed by atoms with Gasteiger partial charge in [-0.2, -0.15) is 0 Å². The molecule has 7 nitrogen and oxygen atoms in total. The molecule has 0 radical (unpaired) electrons. The molecule has 0 heterocycles. The average Bonchev–Trinajstić information content (AvgIpc) is 2.67. The molecule has 2 rings (SSSR count). The highest BCUT2D eigenvalue weighted by Gasteiger charge is 2.15. The van der Waals surface area contributed by atoms with Crippen LogP contribution in [0.5, 0.6) is 0 Å². The fraction of sp³-hybridized carbons (Fsp3) is 0.222. The first-order chi connectivity index (χ1) is 12.4. The summed E-state index contributed by atoms with van der Waals surface area (Å²) < 4.78 is 30.6. The minimum Gasteiger partial charge on any atom is -0.452 e. The molecule has 0 unspecified atom stereocenters. The van der Waals surface area contributed by atoms with Crippen molar-refractivity contribution in [2.75, 3.05) is 20.2 Å². The maximum atomic E-state index is 12.0. The highest BCUT2D eigenvalue weighted by atomic mass is 32.2. The number of amides is 1. The van der Waals surface area contributed by atoms with Gasteiger partial charge in [0.1, 0.15) is 0 Å². The number of sulfonamides is 1. The largest absolute Gasteiger partial charge is 0.452 e. The Kier molecular flexibility index (Phi) is 6.88. The van der Waals surface area contributed by atoms with Crippen LogP contribution in [0.1, 0.15) is 15.9 Å². The molecule has 0 aliphatic heterocycles. The number of benzene rings is 2. The van der Waals surface area contributed by atoms with Crippen molar-refractivity contribution in [3.05, 3.63) is 65.7 Å². The van der Waals surface area contributed by atoms with Crippen LogP contribution in [0.15, 0.2) is 59.5 Å². The van der Waals surface area contributed by atoms with E-state index in [1.165, 1.54) is 31.3 Å². The molecule has 2 aromatic rings. The highest BCUT2D eigenvalue weighted by molar-refractivity contribution is 7.89. The fourth-order valence-corrected chi connectivity index (χ4v) is 2.94. The van der Waals surface area contributed by atoms with Gasteiger partial charge in [0.25, 0.3) is 5.91 Å². The molecule has 8 heteroatoms. The lowest BCUT2D eigenvalue weighted by molar-refractivity contribution is -0.124. The van der Waals surface area contributed by atoms with E-state index < -0.39 is 28.5 Å². The molecule has 0 spiro atoms. The molecule has 1 amide bonds. The third-order valence-electron chi connectivity index (χ3n) is 3.56. The summed E-state index contributed by atoms with van der Waals surface area (Å²) >= 11 is 0. The predicted molar refractivity (Wildman–Crippen MR) is 96.1 cm³/mol. The first-order valence-corrected chi connectivity index (χ1v) is 9.42. The lowest BCUT2D eigenvalue weighted by Crippen LogP contribution is -2.30. The summed E-state index contributed by atoms with van der Waals surface area (Å²) in [4.78, 5) is 23.7. The van der Waals surface area contributed by atoms with Gasteiger partial charge in [0, 0.05) is 6.54 Å². The van der Waals surface area contributed by atoms with Gasteiger partial charge in [-0.1, -0.05) is 36.4 Å². The van der Waals surface area contributed by atoms with Gasteiger partial charge in [-0.05, 0) is 37.2 Å². The van der Waals surface area contributed by atoms with Crippen molar-refractivity contribution in [3.63, 3.8) is 0 Å². The van der Waals surface area contributed by atoms with Crippen LogP contribution in [0.4, 0.5) is 0 Å². The molecule has 0 aliphatic carbocycles. The predicted octanol–water partition coefficient (Wildman–Crippen LogP) is 1.11. The van der Waals surface area contributed by atoms with Crippen LogP contribution in [0, 0.1) is 0 Å². The number of nitrogens with one attached hydrogen (secondary N) is 2. The standard InChI is InChI=1S/C18H20N2O5S/c1-19-26(23,24)16-9-5-8-15(12-16)18(22)25-13-17(21)20-11-10-14-6-3-2-4-7-14/h2-9,12,19H,10-11,13H2,1H3,(H,20,21). The Morgan fingerprint density at radius 1 is 1.04 bits per heavy atom. The van der Waals surface area contributed by atoms with Crippen LogP contribution < -0.4 is 10.0 Å². The van der Waals surface area contributed by atoms with Crippen molar-refractivity contribution < 1.29 is 22.7 Å². The third-order valence-corrected chi connectivity index (χ3v) is 4.97. The van der Waals surface area contributed by atoms with E-state index in [-0.39, 0.29) is 10.5 Å². The topological polar surface area (TPSA) is 102 Å². The maximum absolute atomic E-state index is 12.0. The van der Waals surface area contributed by atoms with E-state index in [4.69, 9.17) is 4.74 Å². The number of hydrogen-bond donors (Lipinski definition) is 2. The minimum absolute atomic E-state index is 0.0539. The van der Waals surface area contributed by atoms with E-state index in [9.17, 15) is 18.0 Å². The average molecular weight is 376 g/mol. The lowest BCUT2D eigenvalue weighted by Gasteiger charge is -2.08. The van der Waals surface area contributed by atoms with Crippen LogP contribution >= 0.6 is 0 Å². The zero-order chi connectivity index (χ0) is 19.0. The van der Waals surface area contributed by atoms with Gasteiger partial charge in [-0.3, -0.25) is 4.79 Å². The van der Waals surface area contributed by atoms with Crippen LogP contribution in [-0.2, 0) is 26.0 Å². The Balaban J connectivity index is 1.82. The number of ether oxygens (including phenoxy) is 1. The van der Waals surface area contributed by atoms with Crippen LogP contribution in [0.2, 0.25) is 0 Å². The zero-order valence-corrected chi connectivity index (χ0v) is 15.1. The Hall–Kier alpha value is -2.71. The van der Waals surface area contributed by atoms with Crippen molar-refractivity contribution in [1.29, 1.82) is 0 Å². The number of hydrogen-bond acceptors (Lipinski definition) is 5. The molecule has 0 atom stereocenters. The van der Waals surface area contributed by atoms with Crippen molar-refractivity contribution in [2.45, 2.75) is 11.3 Å². The van der Waals surface area contributed by atoms with Crippen LogP contribution in [-0.4, -0.2) is 40.5 Å². The van der Waals surface area contributed by atoms with Crippen molar-refractivity contribution in [3.8, 4) is 0 Å². The second-order valence-corrected chi connectivity index (χ2v) is 7.28. The molecular weight excluding hydrogens is 356 g/mol. The van der Waals surface area contributed by atoms with E-state index in [2.05, 4.69) is 10.0 Å². The van der Waals surface area contributed by atoms with E-state index in [1.54, 1.807) is 0 Å². The second kappa shape index (κ2) is 9.12. The monoisotopic (exact) mass is 376 g/mol. The van der Waals surface area contributed by atoms with E-state index in [0.29, 0.717) is 13.0 Å². The Morgan fingerprint density at radius 3 is 2.46 bits per heavy atom.